The van der Waals surface area contributed by atoms with E-state index >= 15 is 0 Å². The second-order valence-electron chi connectivity index (χ2n) is 6.02. The number of carbonyl (C=O) groups is 2. The van der Waals surface area contributed by atoms with Gasteiger partial charge in [-0.2, -0.15) is 0 Å². The van der Waals surface area contributed by atoms with Gasteiger partial charge in [0.2, 0.25) is 5.91 Å². The van der Waals surface area contributed by atoms with Crippen molar-refractivity contribution in [2.75, 3.05) is 37.0 Å². The maximum absolute atomic E-state index is 12.4. The van der Waals surface area contributed by atoms with Crippen LogP contribution < -0.4 is 15.5 Å². The number of piperazine rings is 1. The Balaban J connectivity index is 1.69. The summed E-state index contributed by atoms with van der Waals surface area (Å²) in [6.07, 6.45) is 0. The number of hydrogen-bond donors (Lipinski definition) is 2. The molecule has 1 aliphatic heterocycles. The Bertz CT molecular complexity index is 808. The second kappa shape index (κ2) is 8.21. The molecule has 0 atom stereocenters. The van der Waals surface area contributed by atoms with E-state index in [4.69, 9.17) is 16.3 Å². The number of benzene rings is 2. The molecule has 0 bridgehead atoms. The van der Waals surface area contributed by atoms with Crippen LogP contribution in [0.5, 0.6) is 0 Å². The highest BCUT2D eigenvalue weighted by Gasteiger charge is 2.19. The van der Waals surface area contributed by atoms with Crippen molar-refractivity contribution in [3.63, 3.8) is 0 Å². The molecule has 1 aliphatic rings. The first-order valence-electron chi connectivity index (χ1n) is 8.27. The van der Waals surface area contributed by atoms with E-state index in [1.165, 1.54) is 0 Å². The van der Waals surface area contributed by atoms with E-state index in [1.807, 2.05) is 23.1 Å². The smallest absolute Gasteiger partial charge is 0.255 e. The normalized spacial score (nSPS) is 14.1. The number of nitrogens with zero attached hydrogens (tertiary/aromatic N) is 1. The molecule has 0 spiro atoms. The molecule has 0 aromatic heterocycles. The summed E-state index contributed by atoms with van der Waals surface area (Å²) in [5.74, 6) is -0.239. The minimum absolute atomic E-state index is 0.0263. The SMILES string of the molecule is COCc1ccc(C(=O)Nc2ccc(N3CCNC(=O)C3)c(Cl)c2)cc1. The molecule has 0 aliphatic carbocycles. The highest BCUT2D eigenvalue weighted by molar-refractivity contribution is 6.33. The number of methoxy groups -OCH3 is 1. The summed E-state index contributed by atoms with van der Waals surface area (Å²) in [6, 6.07) is 12.5. The van der Waals surface area contributed by atoms with Gasteiger partial charge >= 0.3 is 0 Å². The van der Waals surface area contributed by atoms with Gasteiger partial charge in [-0.05, 0) is 35.9 Å². The van der Waals surface area contributed by atoms with Crippen molar-refractivity contribution >= 4 is 34.8 Å². The number of ether oxygens (including phenoxy) is 1. The summed E-state index contributed by atoms with van der Waals surface area (Å²) in [4.78, 5) is 25.8. The largest absolute Gasteiger partial charge is 0.380 e. The molecule has 3 rings (SSSR count). The first-order valence-corrected chi connectivity index (χ1v) is 8.65. The summed E-state index contributed by atoms with van der Waals surface area (Å²) in [5.41, 5.74) is 2.94. The molecular weight excluding hydrogens is 354 g/mol. The van der Waals surface area contributed by atoms with Crippen LogP contribution in [0.3, 0.4) is 0 Å². The molecule has 7 heteroatoms. The number of halogens is 1. The predicted octanol–water partition coefficient (Wildman–Crippen LogP) is 2.67. The van der Waals surface area contributed by atoms with Gasteiger partial charge in [-0.3, -0.25) is 9.59 Å². The van der Waals surface area contributed by atoms with Gasteiger partial charge in [-0.1, -0.05) is 23.7 Å². The molecule has 1 fully saturated rings. The van der Waals surface area contributed by atoms with E-state index in [0.29, 0.717) is 36.0 Å². The zero-order valence-corrected chi connectivity index (χ0v) is 15.2. The Hall–Kier alpha value is -2.57. The number of anilines is 2. The Morgan fingerprint density at radius 1 is 1.27 bits per heavy atom. The lowest BCUT2D eigenvalue weighted by molar-refractivity contribution is -0.120. The first-order chi connectivity index (χ1) is 12.6. The zero-order valence-electron chi connectivity index (χ0n) is 14.4. The fourth-order valence-electron chi connectivity index (χ4n) is 2.81. The van der Waals surface area contributed by atoms with Gasteiger partial charge in [0.15, 0.2) is 0 Å². The zero-order chi connectivity index (χ0) is 18.5. The van der Waals surface area contributed by atoms with Crippen molar-refractivity contribution in [1.82, 2.24) is 5.32 Å². The maximum atomic E-state index is 12.4. The molecule has 2 aromatic rings. The Morgan fingerprint density at radius 3 is 2.69 bits per heavy atom. The molecule has 6 nitrogen and oxygen atoms in total. The molecule has 26 heavy (non-hydrogen) atoms. The van der Waals surface area contributed by atoms with Crippen LogP contribution in [-0.2, 0) is 16.1 Å². The molecule has 0 unspecified atom stereocenters. The van der Waals surface area contributed by atoms with E-state index in [0.717, 1.165) is 11.3 Å². The molecule has 2 aromatic carbocycles. The van der Waals surface area contributed by atoms with Crippen LogP contribution in [0.2, 0.25) is 5.02 Å². The molecular formula is C19H20ClN3O3. The topological polar surface area (TPSA) is 70.7 Å². The average Bonchev–Trinajstić information content (AvgIpc) is 2.62. The third kappa shape index (κ3) is 4.33. The number of nitrogens with one attached hydrogen (secondary N) is 2. The fraction of sp³-hybridized carbons (Fsp3) is 0.263. The monoisotopic (exact) mass is 373 g/mol. The molecule has 0 saturated carbocycles. The molecule has 2 amide bonds. The van der Waals surface area contributed by atoms with E-state index in [9.17, 15) is 9.59 Å². The van der Waals surface area contributed by atoms with Crippen LogP contribution in [0.1, 0.15) is 15.9 Å². The highest BCUT2D eigenvalue weighted by atomic mass is 35.5. The van der Waals surface area contributed by atoms with E-state index < -0.39 is 0 Å². The van der Waals surface area contributed by atoms with Crippen molar-refractivity contribution in [3.8, 4) is 0 Å². The summed E-state index contributed by atoms with van der Waals surface area (Å²) < 4.78 is 5.06. The first kappa shape index (κ1) is 18.2. The van der Waals surface area contributed by atoms with Gasteiger partial charge in [0.05, 0.1) is 23.9 Å². The third-order valence-corrected chi connectivity index (χ3v) is 4.41. The summed E-state index contributed by atoms with van der Waals surface area (Å²) in [5, 5.41) is 6.11. The van der Waals surface area contributed by atoms with Crippen molar-refractivity contribution in [1.29, 1.82) is 0 Å². The van der Waals surface area contributed by atoms with Crippen molar-refractivity contribution in [2.24, 2.45) is 0 Å². The minimum Gasteiger partial charge on any atom is -0.380 e. The van der Waals surface area contributed by atoms with E-state index in [-0.39, 0.29) is 18.4 Å². The van der Waals surface area contributed by atoms with Gasteiger partial charge < -0.3 is 20.3 Å². The predicted molar refractivity (Wildman–Crippen MR) is 102 cm³/mol. The van der Waals surface area contributed by atoms with Crippen molar-refractivity contribution in [3.05, 3.63) is 58.6 Å². The Morgan fingerprint density at radius 2 is 2.04 bits per heavy atom. The fourth-order valence-corrected chi connectivity index (χ4v) is 3.11. The standard InChI is InChI=1S/C19H20ClN3O3/c1-26-12-13-2-4-14(5-3-13)19(25)22-15-6-7-17(16(20)10-15)23-9-8-21-18(24)11-23/h2-7,10H,8-9,11-12H2,1H3,(H,21,24)(H,22,25). The third-order valence-electron chi connectivity index (χ3n) is 4.11. The molecule has 136 valence electrons. The van der Waals surface area contributed by atoms with Crippen molar-refractivity contribution < 1.29 is 14.3 Å². The number of hydrogen-bond acceptors (Lipinski definition) is 4. The number of amides is 2. The minimum atomic E-state index is -0.213. The molecule has 1 heterocycles. The van der Waals surface area contributed by atoms with E-state index in [1.54, 1.807) is 31.4 Å². The number of carbonyl (C=O) groups excluding carboxylic acids is 2. The average molecular weight is 374 g/mol. The molecule has 1 saturated heterocycles. The highest BCUT2D eigenvalue weighted by Crippen LogP contribution is 2.29. The lowest BCUT2D eigenvalue weighted by atomic mass is 10.1. The van der Waals surface area contributed by atoms with Crippen LogP contribution in [0.4, 0.5) is 11.4 Å². The molecule has 0 radical (unpaired) electrons. The van der Waals surface area contributed by atoms with Gasteiger partial charge in [-0.15, -0.1) is 0 Å². The van der Waals surface area contributed by atoms with Crippen molar-refractivity contribution in [2.45, 2.75) is 6.61 Å². The lowest BCUT2D eigenvalue weighted by Gasteiger charge is -2.29. The van der Waals surface area contributed by atoms with Crippen LogP contribution in [0.15, 0.2) is 42.5 Å². The van der Waals surface area contributed by atoms with Crippen LogP contribution >= 0.6 is 11.6 Å². The van der Waals surface area contributed by atoms with Crippen LogP contribution in [-0.4, -0.2) is 38.6 Å². The summed E-state index contributed by atoms with van der Waals surface area (Å²) >= 11 is 6.36. The maximum Gasteiger partial charge on any atom is 0.255 e. The lowest BCUT2D eigenvalue weighted by Crippen LogP contribution is -2.47. The van der Waals surface area contributed by atoms with Gasteiger partial charge in [-0.25, -0.2) is 0 Å². The number of rotatable bonds is 5. The van der Waals surface area contributed by atoms with Crippen LogP contribution in [0, 0.1) is 0 Å². The molecule has 2 N–H and O–H groups in total. The quantitative estimate of drug-likeness (QED) is 0.845. The van der Waals surface area contributed by atoms with Gasteiger partial charge in [0.1, 0.15) is 0 Å². The summed E-state index contributed by atoms with van der Waals surface area (Å²) in [6.45, 7) is 2.07. The Labute approximate surface area is 157 Å². The van der Waals surface area contributed by atoms with Gasteiger partial charge in [0.25, 0.3) is 5.91 Å². The summed E-state index contributed by atoms with van der Waals surface area (Å²) in [7, 11) is 1.63. The van der Waals surface area contributed by atoms with Gasteiger partial charge in [0, 0.05) is 31.5 Å². The van der Waals surface area contributed by atoms with E-state index in [2.05, 4.69) is 10.6 Å². The second-order valence-corrected chi connectivity index (χ2v) is 6.43. The Kier molecular flexibility index (Phi) is 5.75. The van der Waals surface area contributed by atoms with Crippen LogP contribution in [0.25, 0.3) is 0 Å².